The van der Waals surface area contributed by atoms with Gasteiger partial charge in [-0.15, -0.1) is 0 Å². The number of benzene rings is 2. The van der Waals surface area contributed by atoms with Gasteiger partial charge in [-0.1, -0.05) is 12.1 Å². The monoisotopic (exact) mass is 350 g/mol. The lowest BCUT2D eigenvalue weighted by molar-refractivity contribution is -0.385. The molecule has 2 aromatic carbocycles. The Kier molecular flexibility index (Phi) is 4.97. The Balaban J connectivity index is 2.24. The minimum atomic E-state index is -4.68. The van der Waals surface area contributed by atoms with Gasteiger partial charge in [0.15, 0.2) is 5.85 Å². The summed E-state index contributed by atoms with van der Waals surface area (Å²) in [6.45, 7) is 0. The average molecular weight is 350 g/mol. The van der Waals surface area contributed by atoms with Gasteiger partial charge in [-0.05, 0) is 29.8 Å². The van der Waals surface area contributed by atoms with Crippen molar-refractivity contribution in [1.82, 2.24) is 0 Å². The number of ether oxygens (including phenoxy) is 1. The third kappa shape index (κ3) is 3.95. The maximum Gasteiger partial charge on any atom is 0.358 e. The fourth-order valence-electron chi connectivity index (χ4n) is 1.86. The van der Waals surface area contributed by atoms with E-state index in [-0.39, 0.29) is 22.6 Å². The van der Waals surface area contributed by atoms with Crippen LogP contribution in [0.3, 0.4) is 0 Å². The second kappa shape index (κ2) is 6.78. The van der Waals surface area contributed by atoms with Crippen LogP contribution in [0.15, 0.2) is 42.5 Å². The summed E-state index contributed by atoms with van der Waals surface area (Å²) in [4.78, 5) is 28.0. The SMILES string of the molecule is N#Cc1ccc(Oc2ccc(C(O)P(=O)(O)O)cc2)cc1[N+](=O)[O-]. The predicted molar refractivity (Wildman–Crippen MR) is 81.3 cm³/mol. The second-order valence-electron chi connectivity index (χ2n) is 4.68. The summed E-state index contributed by atoms with van der Waals surface area (Å²) in [5, 5.41) is 29.2. The number of nitrogens with zero attached hydrogens (tertiary/aromatic N) is 2. The number of nitriles is 1. The summed E-state index contributed by atoms with van der Waals surface area (Å²) in [5.74, 6) is -1.60. The number of nitro groups is 1. The van der Waals surface area contributed by atoms with Crippen molar-refractivity contribution >= 4 is 13.3 Å². The van der Waals surface area contributed by atoms with Crippen LogP contribution in [0.1, 0.15) is 17.0 Å². The normalized spacial score (nSPS) is 12.2. The molecule has 0 saturated heterocycles. The summed E-state index contributed by atoms with van der Waals surface area (Å²) < 4.78 is 16.4. The Hall–Kier alpha value is -2.76. The molecular weight excluding hydrogens is 339 g/mol. The van der Waals surface area contributed by atoms with E-state index in [2.05, 4.69) is 0 Å². The van der Waals surface area contributed by atoms with E-state index >= 15 is 0 Å². The molecule has 3 N–H and O–H groups in total. The minimum absolute atomic E-state index is 0.00138. The molecule has 0 heterocycles. The summed E-state index contributed by atoms with van der Waals surface area (Å²) in [7, 11) is -4.68. The van der Waals surface area contributed by atoms with E-state index in [1.807, 2.05) is 0 Å². The van der Waals surface area contributed by atoms with Crippen molar-refractivity contribution in [2.75, 3.05) is 0 Å². The van der Waals surface area contributed by atoms with E-state index in [1.54, 1.807) is 6.07 Å². The Morgan fingerprint density at radius 1 is 1.17 bits per heavy atom. The maximum absolute atomic E-state index is 11.0. The van der Waals surface area contributed by atoms with Gasteiger partial charge in [0.2, 0.25) is 0 Å². The molecular formula is C14H11N2O7P. The van der Waals surface area contributed by atoms with E-state index < -0.39 is 24.1 Å². The third-order valence-electron chi connectivity index (χ3n) is 3.02. The molecule has 0 aliphatic rings. The van der Waals surface area contributed by atoms with E-state index in [9.17, 15) is 19.8 Å². The standard InChI is InChI=1S/C14H11N2O7P/c15-8-10-3-6-12(7-13(10)16(18)19)23-11-4-1-9(2-5-11)14(17)24(20,21)22/h1-7,14,17H,(H2,20,21,22). The molecule has 10 heteroatoms. The lowest BCUT2D eigenvalue weighted by Gasteiger charge is -2.13. The molecule has 1 atom stereocenters. The lowest BCUT2D eigenvalue weighted by atomic mass is 10.2. The number of aliphatic hydroxyl groups excluding tert-OH is 1. The largest absolute Gasteiger partial charge is 0.457 e. The predicted octanol–water partition coefficient (Wildman–Crippen LogP) is 2.43. The lowest BCUT2D eigenvalue weighted by Crippen LogP contribution is -1.98. The van der Waals surface area contributed by atoms with Crippen LogP contribution in [0.2, 0.25) is 0 Å². The topological polar surface area (TPSA) is 154 Å². The molecule has 0 saturated carbocycles. The number of rotatable bonds is 5. The van der Waals surface area contributed by atoms with Crippen LogP contribution in [0, 0.1) is 21.4 Å². The average Bonchev–Trinajstić information content (AvgIpc) is 2.54. The van der Waals surface area contributed by atoms with E-state index in [0.29, 0.717) is 0 Å². The Labute approximate surface area is 135 Å². The first-order valence-electron chi connectivity index (χ1n) is 6.42. The van der Waals surface area contributed by atoms with Crippen LogP contribution in [-0.4, -0.2) is 19.8 Å². The molecule has 9 nitrogen and oxygen atoms in total. The summed E-state index contributed by atoms with van der Waals surface area (Å²) in [6.07, 6.45) is 0. The van der Waals surface area contributed by atoms with Gasteiger partial charge >= 0.3 is 7.60 Å². The molecule has 0 aliphatic heterocycles. The highest BCUT2D eigenvalue weighted by atomic mass is 31.2. The summed E-state index contributed by atoms with van der Waals surface area (Å²) in [6, 6.07) is 10.6. The highest BCUT2D eigenvalue weighted by molar-refractivity contribution is 7.51. The summed E-state index contributed by atoms with van der Waals surface area (Å²) >= 11 is 0. The molecule has 124 valence electrons. The van der Waals surface area contributed by atoms with Crippen LogP contribution in [0.25, 0.3) is 0 Å². The van der Waals surface area contributed by atoms with Gasteiger partial charge < -0.3 is 19.6 Å². The van der Waals surface area contributed by atoms with E-state index in [1.165, 1.54) is 36.4 Å². The molecule has 2 aromatic rings. The first kappa shape index (κ1) is 17.6. The molecule has 24 heavy (non-hydrogen) atoms. The molecule has 0 fully saturated rings. The number of nitro benzene ring substituents is 1. The van der Waals surface area contributed by atoms with Gasteiger partial charge in [-0.2, -0.15) is 5.26 Å². The highest BCUT2D eigenvalue weighted by Crippen LogP contribution is 2.49. The molecule has 0 radical (unpaired) electrons. The molecule has 0 spiro atoms. The van der Waals surface area contributed by atoms with Gasteiger partial charge in [0.05, 0.1) is 11.0 Å². The molecule has 0 aromatic heterocycles. The van der Waals surface area contributed by atoms with E-state index in [0.717, 1.165) is 6.07 Å². The van der Waals surface area contributed by atoms with Crippen LogP contribution in [-0.2, 0) is 4.57 Å². The van der Waals surface area contributed by atoms with Gasteiger partial charge in [0, 0.05) is 0 Å². The Bertz CT molecular complexity index is 854. The third-order valence-corrected chi connectivity index (χ3v) is 3.95. The van der Waals surface area contributed by atoms with Gasteiger partial charge in [-0.25, -0.2) is 0 Å². The van der Waals surface area contributed by atoms with Crippen molar-refractivity contribution < 1.29 is 29.1 Å². The fraction of sp³-hybridized carbons (Fsp3) is 0.0714. The maximum atomic E-state index is 11.0. The minimum Gasteiger partial charge on any atom is -0.457 e. The molecule has 2 rings (SSSR count). The van der Waals surface area contributed by atoms with Crippen molar-refractivity contribution in [2.24, 2.45) is 0 Å². The quantitative estimate of drug-likeness (QED) is 0.422. The summed E-state index contributed by atoms with van der Waals surface area (Å²) in [5.41, 5.74) is -0.502. The second-order valence-corrected chi connectivity index (χ2v) is 6.35. The molecule has 0 amide bonds. The van der Waals surface area contributed by atoms with Crippen LogP contribution in [0.5, 0.6) is 11.5 Å². The first-order chi connectivity index (χ1) is 11.2. The highest BCUT2D eigenvalue weighted by Gasteiger charge is 2.27. The van der Waals surface area contributed by atoms with Crippen molar-refractivity contribution in [3.05, 3.63) is 63.7 Å². The van der Waals surface area contributed by atoms with Gasteiger partial charge in [0.25, 0.3) is 5.69 Å². The number of aliphatic hydroxyl groups is 1. The number of hydrogen-bond donors (Lipinski definition) is 3. The van der Waals surface area contributed by atoms with Gasteiger partial charge in [-0.3, -0.25) is 14.7 Å². The van der Waals surface area contributed by atoms with Crippen molar-refractivity contribution in [3.63, 3.8) is 0 Å². The van der Waals surface area contributed by atoms with Crippen molar-refractivity contribution in [3.8, 4) is 17.6 Å². The zero-order valence-electron chi connectivity index (χ0n) is 11.9. The molecule has 0 bridgehead atoms. The van der Waals surface area contributed by atoms with Crippen molar-refractivity contribution in [2.45, 2.75) is 5.85 Å². The van der Waals surface area contributed by atoms with Crippen LogP contribution < -0.4 is 4.74 Å². The van der Waals surface area contributed by atoms with Crippen LogP contribution >= 0.6 is 7.60 Å². The van der Waals surface area contributed by atoms with E-state index in [4.69, 9.17) is 19.8 Å². The Morgan fingerprint density at radius 2 is 1.75 bits per heavy atom. The zero-order valence-corrected chi connectivity index (χ0v) is 12.8. The number of hydrogen-bond acceptors (Lipinski definition) is 6. The zero-order chi connectivity index (χ0) is 17.9. The van der Waals surface area contributed by atoms with Gasteiger partial charge in [0.1, 0.15) is 23.1 Å². The smallest absolute Gasteiger partial charge is 0.358 e. The first-order valence-corrected chi connectivity index (χ1v) is 8.10. The Morgan fingerprint density at radius 3 is 2.25 bits per heavy atom. The molecule has 0 aliphatic carbocycles. The van der Waals surface area contributed by atoms with Crippen LogP contribution in [0.4, 0.5) is 5.69 Å². The van der Waals surface area contributed by atoms with Crippen molar-refractivity contribution in [1.29, 1.82) is 5.26 Å². The molecule has 1 unspecified atom stereocenters. The fourth-order valence-corrected chi connectivity index (χ4v) is 2.42.